The highest BCUT2D eigenvalue weighted by Crippen LogP contribution is 2.28. The second-order valence-electron chi connectivity index (χ2n) is 4.13. The SMILES string of the molecule is Cc1nn(Cc2c(Cl)cccc2Cl)c(C)c1[N+](=O)[O-]. The number of benzene rings is 1. The van der Waals surface area contributed by atoms with Gasteiger partial charge in [-0.2, -0.15) is 5.10 Å². The molecule has 0 saturated carbocycles. The monoisotopic (exact) mass is 299 g/mol. The number of rotatable bonds is 3. The molecule has 1 aromatic heterocycles. The number of nitrogens with zero attached hydrogens (tertiary/aromatic N) is 3. The maximum Gasteiger partial charge on any atom is 0.312 e. The van der Waals surface area contributed by atoms with Crippen molar-refractivity contribution in [1.82, 2.24) is 9.78 Å². The van der Waals surface area contributed by atoms with Gasteiger partial charge in [-0.1, -0.05) is 29.3 Å². The van der Waals surface area contributed by atoms with E-state index in [1.54, 1.807) is 36.7 Å². The molecule has 0 fully saturated rings. The van der Waals surface area contributed by atoms with Gasteiger partial charge in [0.05, 0.1) is 11.5 Å². The molecule has 5 nitrogen and oxygen atoms in total. The van der Waals surface area contributed by atoms with Gasteiger partial charge in [-0.15, -0.1) is 0 Å². The van der Waals surface area contributed by atoms with Crippen molar-refractivity contribution in [1.29, 1.82) is 0 Å². The van der Waals surface area contributed by atoms with E-state index in [2.05, 4.69) is 5.10 Å². The van der Waals surface area contributed by atoms with Crippen LogP contribution in [0.4, 0.5) is 5.69 Å². The third kappa shape index (κ3) is 2.57. The van der Waals surface area contributed by atoms with Gasteiger partial charge in [0.25, 0.3) is 0 Å². The lowest BCUT2D eigenvalue weighted by Crippen LogP contribution is -2.05. The summed E-state index contributed by atoms with van der Waals surface area (Å²) in [7, 11) is 0. The Kier molecular flexibility index (Phi) is 3.78. The molecule has 0 aliphatic rings. The van der Waals surface area contributed by atoms with Crippen molar-refractivity contribution in [3.8, 4) is 0 Å². The molecule has 0 saturated heterocycles. The van der Waals surface area contributed by atoms with Gasteiger partial charge in [-0.25, -0.2) is 0 Å². The summed E-state index contributed by atoms with van der Waals surface area (Å²) < 4.78 is 1.54. The standard InChI is InChI=1S/C12H11Cl2N3O2/c1-7-12(17(18)19)8(2)16(15-7)6-9-10(13)4-3-5-11(9)14/h3-5H,6H2,1-2H3. The molecule has 0 atom stereocenters. The smallest absolute Gasteiger partial charge is 0.258 e. The van der Waals surface area contributed by atoms with Crippen LogP contribution >= 0.6 is 23.2 Å². The molecule has 100 valence electrons. The average molecular weight is 300 g/mol. The van der Waals surface area contributed by atoms with Crippen molar-refractivity contribution < 1.29 is 4.92 Å². The van der Waals surface area contributed by atoms with E-state index in [-0.39, 0.29) is 5.69 Å². The van der Waals surface area contributed by atoms with Gasteiger partial charge in [-0.05, 0) is 26.0 Å². The summed E-state index contributed by atoms with van der Waals surface area (Å²) in [5, 5.41) is 16.1. The first-order valence-corrected chi connectivity index (χ1v) is 6.28. The highest BCUT2D eigenvalue weighted by molar-refractivity contribution is 6.35. The van der Waals surface area contributed by atoms with Gasteiger partial charge in [-0.3, -0.25) is 14.8 Å². The normalized spacial score (nSPS) is 10.7. The fourth-order valence-corrected chi connectivity index (χ4v) is 2.46. The van der Waals surface area contributed by atoms with Crippen LogP contribution in [0.25, 0.3) is 0 Å². The van der Waals surface area contributed by atoms with Crippen LogP contribution in [0.15, 0.2) is 18.2 Å². The number of hydrogen-bond donors (Lipinski definition) is 0. The Hall–Kier alpha value is -1.59. The molecule has 1 aromatic carbocycles. The Bertz CT molecular complexity index is 632. The molecule has 0 spiro atoms. The molecule has 0 amide bonds. The number of nitro groups is 1. The first-order valence-electron chi connectivity index (χ1n) is 5.53. The fraction of sp³-hybridized carbons (Fsp3) is 0.250. The minimum Gasteiger partial charge on any atom is -0.258 e. The quantitative estimate of drug-likeness (QED) is 0.640. The first-order chi connectivity index (χ1) is 8.91. The first kappa shape index (κ1) is 13.8. The van der Waals surface area contributed by atoms with Gasteiger partial charge in [0.15, 0.2) is 0 Å². The molecule has 0 aliphatic carbocycles. The van der Waals surface area contributed by atoms with E-state index < -0.39 is 4.92 Å². The Morgan fingerprint density at radius 2 is 1.89 bits per heavy atom. The van der Waals surface area contributed by atoms with Gasteiger partial charge in [0, 0.05) is 15.6 Å². The predicted molar refractivity (Wildman–Crippen MR) is 73.9 cm³/mol. The van der Waals surface area contributed by atoms with Crippen molar-refractivity contribution in [2.45, 2.75) is 20.4 Å². The number of aromatic nitrogens is 2. The Morgan fingerprint density at radius 1 is 1.32 bits per heavy atom. The highest BCUT2D eigenvalue weighted by Gasteiger charge is 2.22. The molecule has 19 heavy (non-hydrogen) atoms. The Morgan fingerprint density at radius 3 is 2.37 bits per heavy atom. The highest BCUT2D eigenvalue weighted by atomic mass is 35.5. The molecular weight excluding hydrogens is 289 g/mol. The van der Waals surface area contributed by atoms with E-state index in [0.29, 0.717) is 33.5 Å². The van der Waals surface area contributed by atoms with Gasteiger partial charge >= 0.3 is 5.69 Å². The molecule has 1 heterocycles. The number of hydrogen-bond acceptors (Lipinski definition) is 3. The summed E-state index contributed by atoms with van der Waals surface area (Å²) in [6.07, 6.45) is 0. The molecule has 2 rings (SSSR count). The lowest BCUT2D eigenvalue weighted by molar-refractivity contribution is -0.386. The van der Waals surface area contributed by atoms with Crippen molar-refractivity contribution in [2.75, 3.05) is 0 Å². The summed E-state index contributed by atoms with van der Waals surface area (Å²) in [6.45, 7) is 3.57. The molecule has 0 N–H and O–H groups in total. The van der Waals surface area contributed by atoms with Crippen LogP contribution in [0.2, 0.25) is 10.0 Å². The third-order valence-corrected chi connectivity index (χ3v) is 3.60. The molecule has 0 aliphatic heterocycles. The minimum atomic E-state index is -0.428. The maximum atomic E-state index is 10.9. The largest absolute Gasteiger partial charge is 0.312 e. The van der Waals surface area contributed by atoms with E-state index >= 15 is 0 Å². The van der Waals surface area contributed by atoms with Crippen LogP contribution in [-0.4, -0.2) is 14.7 Å². The summed E-state index contributed by atoms with van der Waals surface area (Å²) in [4.78, 5) is 10.5. The zero-order chi connectivity index (χ0) is 14.2. The number of aryl methyl sites for hydroxylation is 1. The lowest BCUT2D eigenvalue weighted by Gasteiger charge is -2.08. The van der Waals surface area contributed by atoms with E-state index in [4.69, 9.17) is 23.2 Å². The van der Waals surface area contributed by atoms with Crippen molar-refractivity contribution in [2.24, 2.45) is 0 Å². The van der Waals surface area contributed by atoms with Crippen LogP contribution in [0, 0.1) is 24.0 Å². The van der Waals surface area contributed by atoms with Crippen molar-refractivity contribution in [3.63, 3.8) is 0 Å². The van der Waals surface area contributed by atoms with Crippen molar-refractivity contribution in [3.05, 3.63) is 55.3 Å². The zero-order valence-corrected chi connectivity index (χ0v) is 11.9. The van der Waals surface area contributed by atoms with Crippen molar-refractivity contribution >= 4 is 28.9 Å². The van der Waals surface area contributed by atoms with E-state index in [0.717, 1.165) is 0 Å². The fourth-order valence-electron chi connectivity index (χ4n) is 1.94. The van der Waals surface area contributed by atoms with E-state index in [1.807, 2.05) is 0 Å². The van der Waals surface area contributed by atoms with E-state index in [1.165, 1.54) is 0 Å². The Labute approximate surface area is 119 Å². The zero-order valence-electron chi connectivity index (χ0n) is 10.4. The van der Waals surface area contributed by atoms with Crippen LogP contribution in [0.1, 0.15) is 17.0 Å². The summed E-state index contributed by atoms with van der Waals surface area (Å²) in [5.41, 5.74) is 1.60. The molecule has 0 unspecified atom stereocenters. The minimum absolute atomic E-state index is 0.0307. The lowest BCUT2D eigenvalue weighted by atomic mass is 10.2. The van der Waals surface area contributed by atoms with Gasteiger partial charge in [0.2, 0.25) is 0 Å². The Balaban J connectivity index is 2.45. The second kappa shape index (κ2) is 5.19. The molecule has 7 heteroatoms. The molecule has 0 bridgehead atoms. The third-order valence-electron chi connectivity index (χ3n) is 2.90. The summed E-state index contributed by atoms with van der Waals surface area (Å²) in [5.74, 6) is 0. The summed E-state index contributed by atoms with van der Waals surface area (Å²) >= 11 is 12.2. The summed E-state index contributed by atoms with van der Waals surface area (Å²) in [6, 6.07) is 5.20. The number of halogens is 2. The molecule has 2 aromatic rings. The molecular formula is C12H11Cl2N3O2. The maximum absolute atomic E-state index is 10.9. The van der Waals surface area contributed by atoms with Gasteiger partial charge in [0.1, 0.15) is 11.4 Å². The van der Waals surface area contributed by atoms with Gasteiger partial charge < -0.3 is 0 Å². The van der Waals surface area contributed by atoms with Crippen LogP contribution in [-0.2, 0) is 6.54 Å². The predicted octanol–water partition coefficient (Wildman–Crippen LogP) is 3.76. The topological polar surface area (TPSA) is 61.0 Å². The van der Waals surface area contributed by atoms with Crippen LogP contribution < -0.4 is 0 Å². The second-order valence-corrected chi connectivity index (χ2v) is 4.95. The van der Waals surface area contributed by atoms with Crippen LogP contribution in [0.3, 0.4) is 0 Å². The average Bonchev–Trinajstić information content (AvgIpc) is 2.59. The van der Waals surface area contributed by atoms with Crippen LogP contribution in [0.5, 0.6) is 0 Å². The van der Waals surface area contributed by atoms with E-state index in [9.17, 15) is 10.1 Å². The molecule has 0 radical (unpaired) electrons.